The Bertz CT molecular complexity index is 429. The van der Waals surface area contributed by atoms with Gasteiger partial charge >= 0.3 is 6.09 Å². The van der Waals surface area contributed by atoms with Crippen molar-refractivity contribution >= 4 is 11.7 Å². The molecule has 0 saturated heterocycles. The monoisotopic (exact) mass is 223 g/mol. The highest BCUT2D eigenvalue weighted by atomic mass is 19.1. The molecule has 1 aromatic carbocycles. The van der Waals surface area contributed by atoms with E-state index >= 15 is 0 Å². The molecule has 3 nitrogen and oxygen atoms in total. The molecular formula is C12H14FNO2. The maximum Gasteiger partial charge on any atom is 0.405 e. The Hall–Kier alpha value is -1.84. The predicted molar refractivity (Wildman–Crippen MR) is 60.7 cm³/mol. The minimum atomic E-state index is -1.17. The molecule has 0 spiro atoms. The summed E-state index contributed by atoms with van der Waals surface area (Å²) in [7, 11) is 0. The van der Waals surface area contributed by atoms with Crippen LogP contribution in [-0.4, -0.2) is 11.2 Å². The lowest BCUT2D eigenvalue weighted by molar-refractivity contribution is 0.190. The minimum Gasteiger partial charge on any atom is -0.465 e. The molecule has 0 aromatic heterocycles. The first-order chi connectivity index (χ1) is 7.41. The normalized spacial score (nSPS) is 11.9. The molecule has 4 heteroatoms. The Morgan fingerprint density at radius 1 is 1.56 bits per heavy atom. The van der Waals surface area contributed by atoms with Gasteiger partial charge in [0.2, 0.25) is 0 Å². The van der Waals surface area contributed by atoms with Crippen LogP contribution in [0.3, 0.4) is 0 Å². The highest BCUT2D eigenvalue weighted by molar-refractivity contribution is 5.65. The first kappa shape index (κ1) is 12.2. The topological polar surface area (TPSA) is 49.3 Å². The number of carbonyl (C=O) groups is 1. The summed E-state index contributed by atoms with van der Waals surface area (Å²) in [6.07, 6.45) is -1.17. The van der Waals surface area contributed by atoms with Crippen LogP contribution < -0.4 is 5.32 Å². The maximum atomic E-state index is 13.6. The number of carboxylic acid groups (broad SMARTS) is 1. The summed E-state index contributed by atoms with van der Waals surface area (Å²) in [5.41, 5.74) is 1.81. The molecule has 0 aliphatic carbocycles. The van der Waals surface area contributed by atoms with Gasteiger partial charge in [-0.2, -0.15) is 0 Å². The van der Waals surface area contributed by atoms with Crippen molar-refractivity contribution < 1.29 is 14.3 Å². The second-order valence-corrected chi connectivity index (χ2v) is 3.69. The molecule has 0 radical (unpaired) electrons. The van der Waals surface area contributed by atoms with Crippen LogP contribution in [0.1, 0.15) is 31.0 Å². The Labute approximate surface area is 93.6 Å². The highest BCUT2D eigenvalue weighted by Gasteiger charge is 2.13. The van der Waals surface area contributed by atoms with Crippen molar-refractivity contribution in [1.82, 2.24) is 5.32 Å². The summed E-state index contributed by atoms with van der Waals surface area (Å²) < 4.78 is 13.6. The minimum absolute atomic E-state index is 0.326. The number of nitrogens with one attached hydrogen (secondary N) is 1. The molecule has 0 bridgehead atoms. The first-order valence-electron chi connectivity index (χ1n) is 4.86. The van der Waals surface area contributed by atoms with Crippen LogP contribution in [0.25, 0.3) is 5.57 Å². The number of allylic oxidation sites excluding steroid dienone is 1. The van der Waals surface area contributed by atoms with Gasteiger partial charge in [0, 0.05) is 5.56 Å². The van der Waals surface area contributed by atoms with Crippen molar-refractivity contribution in [3.8, 4) is 0 Å². The zero-order valence-electron chi connectivity index (χ0n) is 9.25. The van der Waals surface area contributed by atoms with Crippen LogP contribution in [0.2, 0.25) is 0 Å². The Balaban J connectivity index is 2.98. The van der Waals surface area contributed by atoms with Crippen molar-refractivity contribution in [3.63, 3.8) is 0 Å². The number of amides is 1. The van der Waals surface area contributed by atoms with E-state index in [-0.39, 0.29) is 0 Å². The second-order valence-electron chi connectivity index (χ2n) is 3.69. The fourth-order valence-corrected chi connectivity index (χ4v) is 1.41. The fraction of sp³-hybridized carbons (Fsp3) is 0.250. The van der Waals surface area contributed by atoms with E-state index < -0.39 is 18.0 Å². The largest absolute Gasteiger partial charge is 0.465 e. The molecule has 2 N–H and O–H groups in total. The maximum absolute atomic E-state index is 13.6. The summed E-state index contributed by atoms with van der Waals surface area (Å²) in [6, 6.07) is 4.08. The van der Waals surface area contributed by atoms with Crippen LogP contribution in [-0.2, 0) is 0 Å². The molecule has 0 aliphatic heterocycles. The lowest BCUT2D eigenvalue weighted by Gasteiger charge is -2.13. The van der Waals surface area contributed by atoms with Gasteiger partial charge in [-0.1, -0.05) is 24.3 Å². The van der Waals surface area contributed by atoms with E-state index in [1.807, 2.05) is 0 Å². The number of benzene rings is 1. The molecule has 0 aliphatic rings. The van der Waals surface area contributed by atoms with Gasteiger partial charge in [0.05, 0.1) is 6.04 Å². The third-order valence-corrected chi connectivity index (χ3v) is 2.30. The van der Waals surface area contributed by atoms with Crippen LogP contribution in [0.15, 0.2) is 24.8 Å². The van der Waals surface area contributed by atoms with Crippen LogP contribution in [0, 0.1) is 5.82 Å². The van der Waals surface area contributed by atoms with Gasteiger partial charge in [-0.3, -0.25) is 0 Å². The van der Waals surface area contributed by atoms with E-state index in [2.05, 4.69) is 11.9 Å². The molecule has 1 atom stereocenters. The summed E-state index contributed by atoms with van der Waals surface area (Å²) in [5, 5.41) is 10.7. The average molecular weight is 223 g/mol. The summed E-state index contributed by atoms with van der Waals surface area (Å²) in [6.45, 7) is 7.09. The highest BCUT2D eigenvalue weighted by Crippen LogP contribution is 2.21. The Morgan fingerprint density at radius 2 is 2.19 bits per heavy atom. The summed E-state index contributed by atoms with van der Waals surface area (Å²) >= 11 is 0. The quantitative estimate of drug-likeness (QED) is 0.826. The zero-order valence-corrected chi connectivity index (χ0v) is 9.25. The van der Waals surface area contributed by atoms with Crippen molar-refractivity contribution in [2.75, 3.05) is 0 Å². The van der Waals surface area contributed by atoms with Crippen molar-refractivity contribution in [2.45, 2.75) is 19.9 Å². The first-order valence-corrected chi connectivity index (χ1v) is 4.86. The lowest BCUT2D eigenvalue weighted by atomic mass is 10.0. The third-order valence-electron chi connectivity index (χ3n) is 2.30. The van der Waals surface area contributed by atoms with Crippen LogP contribution in [0.4, 0.5) is 9.18 Å². The van der Waals surface area contributed by atoms with Crippen LogP contribution >= 0.6 is 0 Å². The number of rotatable bonds is 3. The van der Waals surface area contributed by atoms with Crippen molar-refractivity contribution in [1.29, 1.82) is 0 Å². The number of halogens is 1. The van der Waals surface area contributed by atoms with Gasteiger partial charge in [-0.15, -0.1) is 0 Å². The molecule has 0 heterocycles. The summed E-state index contributed by atoms with van der Waals surface area (Å²) in [5.74, 6) is -0.429. The molecule has 0 saturated carbocycles. The van der Waals surface area contributed by atoms with E-state index in [1.165, 1.54) is 6.07 Å². The standard InChI is InChI=1S/C12H14FNO2/c1-7(2)9-4-5-10(11(13)6-9)8(3)14-12(15)16/h4-6,8,14H,1H2,2-3H3,(H,15,16). The Morgan fingerprint density at radius 3 is 2.62 bits per heavy atom. The fourth-order valence-electron chi connectivity index (χ4n) is 1.41. The van der Waals surface area contributed by atoms with E-state index in [0.29, 0.717) is 11.1 Å². The van der Waals surface area contributed by atoms with Gasteiger partial charge in [0.1, 0.15) is 5.82 Å². The molecule has 0 fully saturated rings. The summed E-state index contributed by atoms with van der Waals surface area (Å²) in [4.78, 5) is 10.4. The second kappa shape index (κ2) is 4.79. The third kappa shape index (κ3) is 2.82. The smallest absolute Gasteiger partial charge is 0.405 e. The van der Waals surface area contributed by atoms with E-state index in [4.69, 9.17) is 5.11 Å². The number of hydrogen-bond donors (Lipinski definition) is 2. The van der Waals surface area contributed by atoms with E-state index in [1.54, 1.807) is 26.0 Å². The molecule has 86 valence electrons. The molecule has 16 heavy (non-hydrogen) atoms. The predicted octanol–water partition coefficient (Wildman–Crippen LogP) is 3.19. The lowest BCUT2D eigenvalue weighted by Crippen LogP contribution is -2.25. The SMILES string of the molecule is C=C(C)c1ccc(C(C)NC(=O)O)c(F)c1. The molecule has 1 unspecified atom stereocenters. The van der Waals surface area contributed by atoms with Gasteiger partial charge in [0.15, 0.2) is 0 Å². The molecule has 1 amide bonds. The number of hydrogen-bond acceptors (Lipinski definition) is 1. The van der Waals surface area contributed by atoms with Gasteiger partial charge in [-0.25, -0.2) is 9.18 Å². The van der Waals surface area contributed by atoms with E-state index in [9.17, 15) is 9.18 Å². The molecule has 1 rings (SSSR count). The van der Waals surface area contributed by atoms with E-state index in [0.717, 1.165) is 5.57 Å². The van der Waals surface area contributed by atoms with Gasteiger partial charge in [0.25, 0.3) is 0 Å². The van der Waals surface area contributed by atoms with Crippen molar-refractivity contribution in [2.24, 2.45) is 0 Å². The zero-order chi connectivity index (χ0) is 12.3. The molecular weight excluding hydrogens is 209 g/mol. The molecule has 1 aromatic rings. The van der Waals surface area contributed by atoms with Gasteiger partial charge < -0.3 is 10.4 Å². The Kier molecular flexibility index (Phi) is 3.66. The van der Waals surface area contributed by atoms with Gasteiger partial charge in [-0.05, 0) is 25.5 Å². The van der Waals surface area contributed by atoms with Crippen molar-refractivity contribution in [3.05, 3.63) is 41.7 Å². The average Bonchev–Trinajstić information content (AvgIpc) is 2.15. The van der Waals surface area contributed by atoms with Crippen LogP contribution in [0.5, 0.6) is 0 Å².